The molecule has 0 radical (unpaired) electrons. The largest absolute Gasteiger partial charge is 0.489 e. The predicted molar refractivity (Wildman–Crippen MR) is 115 cm³/mol. The maximum atomic E-state index is 12.6. The van der Waals surface area contributed by atoms with Crippen molar-refractivity contribution in [2.45, 2.75) is 13.2 Å². The summed E-state index contributed by atoms with van der Waals surface area (Å²) in [6.07, 6.45) is 1.64. The van der Waals surface area contributed by atoms with E-state index in [4.69, 9.17) is 9.47 Å². The van der Waals surface area contributed by atoms with Crippen LogP contribution in [0.4, 0.5) is 0 Å². The third-order valence-corrected chi connectivity index (χ3v) is 4.87. The molecule has 0 bridgehead atoms. The van der Waals surface area contributed by atoms with Gasteiger partial charge in [0.05, 0.1) is 11.3 Å². The molecule has 2 heterocycles. The van der Waals surface area contributed by atoms with Gasteiger partial charge in [-0.25, -0.2) is 9.78 Å². The van der Waals surface area contributed by atoms with E-state index >= 15 is 0 Å². The molecule has 0 saturated carbocycles. The molecule has 2 aromatic heterocycles. The van der Waals surface area contributed by atoms with Crippen molar-refractivity contribution in [3.63, 3.8) is 0 Å². The molecular weight excluding hydrogens is 448 g/mol. The average Bonchev–Trinajstić information content (AvgIpc) is 2.77. The average molecular weight is 465 g/mol. The molecule has 0 aliphatic rings. The van der Waals surface area contributed by atoms with Gasteiger partial charge in [-0.3, -0.25) is 9.20 Å². The van der Waals surface area contributed by atoms with Crippen LogP contribution in [0, 0.1) is 0 Å². The first-order valence-electron chi connectivity index (χ1n) is 9.21. The highest BCUT2D eigenvalue weighted by Gasteiger charge is 2.14. The zero-order valence-electron chi connectivity index (χ0n) is 15.8. The van der Waals surface area contributed by atoms with Crippen LogP contribution in [0.25, 0.3) is 5.65 Å². The van der Waals surface area contributed by atoms with E-state index in [1.54, 1.807) is 30.5 Å². The summed E-state index contributed by atoms with van der Waals surface area (Å²) in [6.45, 7) is 0.133. The highest BCUT2D eigenvalue weighted by atomic mass is 79.9. The lowest BCUT2D eigenvalue weighted by Gasteiger charge is -2.11. The van der Waals surface area contributed by atoms with Crippen molar-refractivity contribution in [3.8, 4) is 5.75 Å². The van der Waals surface area contributed by atoms with E-state index in [9.17, 15) is 9.59 Å². The molecule has 0 atom stereocenters. The van der Waals surface area contributed by atoms with Crippen LogP contribution in [0.15, 0.2) is 88.3 Å². The molecule has 6 nitrogen and oxygen atoms in total. The monoisotopic (exact) mass is 464 g/mol. The number of carbonyl (C=O) groups excluding carboxylic acids is 1. The van der Waals surface area contributed by atoms with Crippen molar-refractivity contribution in [2.75, 3.05) is 0 Å². The van der Waals surface area contributed by atoms with Gasteiger partial charge in [-0.15, -0.1) is 0 Å². The first-order chi connectivity index (χ1) is 14.6. The lowest BCUT2D eigenvalue weighted by atomic mass is 10.1. The fourth-order valence-corrected chi connectivity index (χ4v) is 3.28. The fraction of sp³-hybridized carbons (Fsp3) is 0.0870. The number of rotatable bonds is 6. The van der Waals surface area contributed by atoms with E-state index in [-0.39, 0.29) is 18.8 Å². The summed E-state index contributed by atoms with van der Waals surface area (Å²) < 4.78 is 13.4. The number of pyridine rings is 1. The van der Waals surface area contributed by atoms with Gasteiger partial charge in [0, 0.05) is 22.3 Å². The van der Waals surface area contributed by atoms with Gasteiger partial charge < -0.3 is 9.47 Å². The molecule has 30 heavy (non-hydrogen) atoms. The highest BCUT2D eigenvalue weighted by Crippen LogP contribution is 2.16. The maximum Gasteiger partial charge on any atom is 0.338 e. The Hall–Kier alpha value is -3.45. The lowest BCUT2D eigenvalue weighted by Crippen LogP contribution is -2.17. The summed E-state index contributed by atoms with van der Waals surface area (Å²) in [5.41, 5.74) is 1.74. The van der Waals surface area contributed by atoms with E-state index < -0.39 is 5.97 Å². The molecule has 0 spiro atoms. The summed E-state index contributed by atoms with van der Waals surface area (Å²) in [5.74, 6) is 0.216. The first kappa shape index (κ1) is 19.8. The molecule has 0 aliphatic carbocycles. The second-order valence-corrected chi connectivity index (χ2v) is 7.41. The number of nitrogens with zero attached hydrogens (tertiary/aromatic N) is 2. The van der Waals surface area contributed by atoms with Crippen LogP contribution in [-0.2, 0) is 18.0 Å². The van der Waals surface area contributed by atoms with Crippen molar-refractivity contribution in [2.24, 2.45) is 0 Å². The summed E-state index contributed by atoms with van der Waals surface area (Å²) in [5, 5.41) is 0. The molecular formula is C23H17BrN2O4. The smallest absolute Gasteiger partial charge is 0.338 e. The van der Waals surface area contributed by atoms with Gasteiger partial charge in [-0.05, 0) is 46.3 Å². The van der Waals surface area contributed by atoms with Gasteiger partial charge in [0.25, 0.3) is 5.56 Å². The summed E-state index contributed by atoms with van der Waals surface area (Å²) in [6, 6.07) is 21.3. The Labute approximate surface area is 180 Å². The number of carbonyl (C=O) groups is 1. The zero-order valence-corrected chi connectivity index (χ0v) is 17.4. The van der Waals surface area contributed by atoms with Crippen LogP contribution >= 0.6 is 15.9 Å². The first-order valence-corrected chi connectivity index (χ1v) is 10.0. The third-order valence-electron chi connectivity index (χ3n) is 4.40. The van der Waals surface area contributed by atoms with Crippen molar-refractivity contribution >= 4 is 27.5 Å². The molecule has 0 fully saturated rings. The Morgan fingerprint density at radius 3 is 2.57 bits per heavy atom. The van der Waals surface area contributed by atoms with Gasteiger partial charge >= 0.3 is 5.97 Å². The number of fused-ring (bicyclic) bond motifs is 1. The molecule has 150 valence electrons. The van der Waals surface area contributed by atoms with Crippen LogP contribution in [0.5, 0.6) is 5.75 Å². The predicted octanol–water partition coefficient (Wildman–Crippen LogP) is 4.39. The Kier molecular flexibility index (Phi) is 5.90. The number of benzene rings is 2. The quantitative estimate of drug-likeness (QED) is 0.395. The maximum absolute atomic E-state index is 12.6. The number of hydrogen-bond acceptors (Lipinski definition) is 5. The Balaban J connectivity index is 1.47. The molecule has 0 amide bonds. The minimum Gasteiger partial charge on any atom is -0.489 e. The van der Waals surface area contributed by atoms with Crippen molar-refractivity contribution in [1.82, 2.24) is 9.38 Å². The molecule has 2 aromatic carbocycles. The Bertz CT molecular complexity index is 1260. The van der Waals surface area contributed by atoms with Crippen LogP contribution in [0.2, 0.25) is 0 Å². The molecule has 7 heteroatoms. The highest BCUT2D eigenvalue weighted by molar-refractivity contribution is 9.10. The molecule has 0 unspecified atom stereocenters. The number of ether oxygens (including phenoxy) is 2. The second-order valence-electron chi connectivity index (χ2n) is 6.50. The van der Waals surface area contributed by atoms with Crippen LogP contribution in [-0.4, -0.2) is 15.4 Å². The minimum atomic E-state index is -0.500. The minimum absolute atomic E-state index is 0.103. The third kappa shape index (κ3) is 4.58. The van der Waals surface area contributed by atoms with Gasteiger partial charge in [-0.2, -0.15) is 0 Å². The standard InChI is InChI=1S/C23H17BrN2O4/c24-17-10-11-21-25-18(12-22(27)26(21)13-17)15-30-23(28)20-9-5-4-6-16(20)14-29-19-7-2-1-3-8-19/h1-13H,14-15H2. The Morgan fingerprint density at radius 1 is 0.967 bits per heavy atom. The van der Waals surface area contributed by atoms with Gasteiger partial charge in [0.2, 0.25) is 0 Å². The molecule has 0 aliphatic heterocycles. The van der Waals surface area contributed by atoms with E-state index in [2.05, 4.69) is 20.9 Å². The van der Waals surface area contributed by atoms with Crippen molar-refractivity contribution in [3.05, 3.63) is 111 Å². The molecule has 0 saturated heterocycles. The number of aromatic nitrogens is 2. The van der Waals surface area contributed by atoms with Gasteiger partial charge in [0.15, 0.2) is 0 Å². The number of para-hydroxylation sites is 1. The SMILES string of the molecule is O=C(OCc1cc(=O)n2cc(Br)ccc2n1)c1ccccc1COc1ccccc1. The number of halogens is 1. The summed E-state index contributed by atoms with van der Waals surface area (Å²) >= 11 is 3.33. The van der Waals surface area contributed by atoms with E-state index in [1.165, 1.54) is 10.5 Å². The Morgan fingerprint density at radius 2 is 1.73 bits per heavy atom. The van der Waals surface area contributed by atoms with Crippen LogP contribution in [0.1, 0.15) is 21.6 Å². The van der Waals surface area contributed by atoms with Gasteiger partial charge in [-0.1, -0.05) is 36.4 Å². The van der Waals surface area contributed by atoms with Crippen molar-refractivity contribution in [1.29, 1.82) is 0 Å². The van der Waals surface area contributed by atoms with E-state index in [0.29, 0.717) is 28.2 Å². The second kappa shape index (κ2) is 8.92. The van der Waals surface area contributed by atoms with Crippen LogP contribution in [0.3, 0.4) is 0 Å². The number of hydrogen-bond donors (Lipinski definition) is 0. The topological polar surface area (TPSA) is 69.9 Å². The summed E-state index contributed by atoms with van der Waals surface area (Å²) in [7, 11) is 0. The van der Waals surface area contributed by atoms with Crippen molar-refractivity contribution < 1.29 is 14.3 Å². The van der Waals surface area contributed by atoms with Gasteiger partial charge in [0.1, 0.15) is 24.6 Å². The zero-order chi connectivity index (χ0) is 20.9. The molecule has 0 N–H and O–H groups in total. The molecule has 4 aromatic rings. The van der Waals surface area contributed by atoms with Crippen LogP contribution < -0.4 is 10.3 Å². The summed E-state index contributed by atoms with van der Waals surface area (Å²) in [4.78, 5) is 29.3. The van der Waals surface area contributed by atoms with E-state index in [0.717, 1.165) is 4.47 Å². The lowest BCUT2D eigenvalue weighted by molar-refractivity contribution is 0.0464. The molecule has 4 rings (SSSR count). The fourth-order valence-electron chi connectivity index (χ4n) is 2.94. The normalized spacial score (nSPS) is 10.7. The number of esters is 1. The van der Waals surface area contributed by atoms with E-state index in [1.807, 2.05) is 42.5 Å².